The molecule has 0 atom stereocenters. The zero-order valence-corrected chi connectivity index (χ0v) is 18.2. The number of nitrogens with one attached hydrogen (secondary N) is 2. The lowest BCUT2D eigenvalue weighted by Gasteiger charge is -2.26. The summed E-state index contributed by atoms with van der Waals surface area (Å²) in [6, 6.07) is 11.9. The Hall–Kier alpha value is -4.22. The molecule has 0 aliphatic carbocycles. The van der Waals surface area contributed by atoms with Gasteiger partial charge in [-0.2, -0.15) is 5.10 Å². The van der Waals surface area contributed by atoms with E-state index in [4.69, 9.17) is 6.42 Å². The van der Waals surface area contributed by atoms with Gasteiger partial charge in [-0.05, 0) is 47.5 Å². The van der Waals surface area contributed by atoms with Gasteiger partial charge in [-0.25, -0.2) is 9.97 Å². The van der Waals surface area contributed by atoms with E-state index in [9.17, 15) is 4.79 Å². The van der Waals surface area contributed by atoms with E-state index in [0.717, 1.165) is 45.4 Å². The molecule has 0 bridgehead atoms. The number of amides is 1. The van der Waals surface area contributed by atoms with Gasteiger partial charge in [-0.1, -0.05) is 5.92 Å². The molecular formula is C25H23N7O. The monoisotopic (exact) mass is 437 g/mol. The standard InChI is InChI=1S/C25H23N7O/c1-3-17-4-5-23-20(8-17)12-27-25(30-23)29-22-10-18(14-32-7-6-26-24(33)16-32)9-19(11-22)21-13-28-31(2)15-21/h1,4-5,8-13,15H,6-7,14,16H2,2H3,(H,26,33)(H,27,29,30). The van der Waals surface area contributed by atoms with Crippen LogP contribution in [0.1, 0.15) is 11.1 Å². The first-order chi connectivity index (χ1) is 16.1. The average molecular weight is 438 g/mol. The summed E-state index contributed by atoms with van der Waals surface area (Å²) in [5.41, 5.74) is 5.62. The average Bonchev–Trinajstić information content (AvgIpc) is 3.25. The Bertz CT molecular complexity index is 1390. The molecule has 4 aromatic rings. The van der Waals surface area contributed by atoms with E-state index < -0.39 is 0 Å². The van der Waals surface area contributed by atoms with Crippen LogP contribution >= 0.6 is 0 Å². The van der Waals surface area contributed by atoms with Crippen LogP contribution in [0.2, 0.25) is 0 Å². The van der Waals surface area contributed by atoms with Crippen molar-refractivity contribution >= 4 is 28.4 Å². The maximum atomic E-state index is 11.8. The van der Waals surface area contributed by atoms with Crippen molar-refractivity contribution in [3.05, 3.63) is 66.1 Å². The van der Waals surface area contributed by atoms with Crippen molar-refractivity contribution in [3.63, 3.8) is 0 Å². The molecular weight excluding hydrogens is 414 g/mol. The fourth-order valence-electron chi connectivity index (χ4n) is 3.99. The lowest BCUT2D eigenvalue weighted by atomic mass is 10.0. The smallest absolute Gasteiger partial charge is 0.234 e. The predicted octanol–water partition coefficient (Wildman–Crippen LogP) is 2.69. The number of hydrogen-bond donors (Lipinski definition) is 2. The van der Waals surface area contributed by atoms with Crippen LogP contribution in [0.25, 0.3) is 22.0 Å². The van der Waals surface area contributed by atoms with Crippen LogP contribution in [0.3, 0.4) is 0 Å². The Morgan fingerprint density at radius 3 is 2.88 bits per heavy atom. The minimum absolute atomic E-state index is 0.0561. The molecule has 164 valence electrons. The molecule has 1 aliphatic heterocycles. The molecule has 1 saturated heterocycles. The number of anilines is 2. The normalized spacial score (nSPS) is 14.1. The van der Waals surface area contributed by atoms with Gasteiger partial charge in [0, 0.05) is 61.3 Å². The van der Waals surface area contributed by atoms with Crippen molar-refractivity contribution < 1.29 is 4.79 Å². The highest BCUT2D eigenvalue weighted by Crippen LogP contribution is 2.27. The first kappa shape index (κ1) is 20.7. The highest BCUT2D eigenvalue weighted by atomic mass is 16.2. The maximum Gasteiger partial charge on any atom is 0.234 e. The third kappa shape index (κ3) is 4.68. The molecule has 2 N–H and O–H groups in total. The second-order valence-electron chi connectivity index (χ2n) is 8.12. The molecule has 0 unspecified atom stereocenters. The highest BCUT2D eigenvalue weighted by Gasteiger charge is 2.17. The molecule has 0 spiro atoms. The van der Waals surface area contributed by atoms with Crippen molar-refractivity contribution in [2.24, 2.45) is 7.05 Å². The lowest BCUT2D eigenvalue weighted by molar-refractivity contribution is -0.124. The molecule has 8 heteroatoms. The Balaban J connectivity index is 1.47. The van der Waals surface area contributed by atoms with Gasteiger partial charge in [0.05, 0.1) is 18.3 Å². The lowest BCUT2D eigenvalue weighted by Crippen LogP contribution is -2.47. The van der Waals surface area contributed by atoms with E-state index in [1.807, 2.05) is 37.6 Å². The van der Waals surface area contributed by atoms with Crippen LogP contribution in [0, 0.1) is 12.3 Å². The van der Waals surface area contributed by atoms with E-state index in [1.54, 1.807) is 10.9 Å². The van der Waals surface area contributed by atoms with E-state index in [-0.39, 0.29) is 5.91 Å². The minimum atomic E-state index is 0.0561. The van der Waals surface area contributed by atoms with Crippen LogP contribution < -0.4 is 10.6 Å². The number of rotatable bonds is 5. The van der Waals surface area contributed by atoms with Crippen molar-refractivity contribution in [1.82, 2.24) is 30.0 Å². The summed E-state index contributed by atoms with van der Waals surface area (Å²) in [5.74, 6) is 3.19. The van der Waals surface area contributed by atoms with Gasteiger partial charge < -0.3 is 10.6 Å². The number of aromatic nitrogens is 4. The zero-order valence-electron chi connectivity index (χ0n) is 18.2. The number of carbonyl (C=O) groups excluding carboxylic acids is 1. The van der Waals surface area contributed by atoms with Crippen LogP contribution in [0.15, 0.2) is 55.0 Å². The van der Waals surface area contributed by atoms with E-state index in [0.29, 0.717) is 25.6 Å². The molecule has 5 rings (SSSR count). The number of hydrogen-bond acceptors (Lipinski definition) is 6. The van der Waals surface area contributed by atoms with Gasteiger partial charge in [0.25, 0.3) is 0 Å². The number of terminal acetylenes is 1. The zero-order chi connectivity index (χ0) is 22.8. The number of fused-ring (bicyclic) bond motifs is 1. The van der Waals surface area contributed by atoms with E-state index in [1.165, 1.54) is 0 Å². The van der Waals surface area contributed by atoms with Gasteiger partial charge in [0.1, 0.15) is 0 Å². The third-order valence-electron chi connectivity index (χ3n) is 5.56. The van der Waals surface area contributed by atoms with Crippen LogP contribution in [0.4, 0.5) is 11.6 Å². The fourth-order valence-corrected chi connectivity index (χ4v) is 3.99. The molecule has 1 fully saturated rings. The number of benzene rings is 2. The Morgan fingerprint density at radius 2 is 2.09 bits per heavy atom. The van der Waals surface area contributed by atoms with Crippen molar-refractivity contribution in [2.45, 2.75) is 6.54 Å². The second kappa shape index (κ2) is 8.73. The first-order valence-electron chi connectivity index (χ1n) is 10.7. The van der Waals surface area contributed by atoms with Crippen LogP contribution in [-0.4, -0.2) is 50.2 Å². The number of carbonyl (C=O) groups is 1. The van der Waals surface area contributed by atoms with E-state index in [2.05, 4.69) is 54.7 Å². The maximum absolute atomic E-state index is 11.8. The summed E-state index contributed by atoms with van der Waals surface area (Å²) >= 11 is 0. The molecule has 1 aliphatic rings. The predicted molar refractivity (Wildman–Crippen MR) is 128 cm³/mol. The van der Waals surface area contributed by atoms with Crippen molar-refractivity contribution in [2.75, 3.05) is 25.0 Å². The summed E-state index contributed by atoms with van der Waals surface area (Å²) in [5, 5.41) is 11.4. The molecule has 0 saturated carbocycles. The van der Waals surface area contributed by atoms with Crippen molar-refractivity contribution in [1.29, 1.82) is 0 Å². The van der Waals surface area contributed by atoms with Gasteiger partial charge >= 0.3 is 0 Å². The summed E-state index contributed by atoms with van der Waals surface area (Å²) < 4.78 is 1.78. The molecule has 0 radical (unpaired) electrons. The first-order valence-corrected chi connectivity index (χ1v) is 10.7. The quantitative estimate of drug-likeness (QED) is 0.467. The third-order valence-corrected chi connectivity index (χ3v) is 5.56. The summed E-state index contributed by atoms with van der Waals surface area (Å²) in [6.45, 7) is 2.55. The van der Waals surface area contributed by atoms with E-state index >= 15 is 0 Å². The molecule has 3 heterocycles. The molecule has 8 nitrogen and oxygen atoms in total. The van der Waals surface area contributed by atoms with Crippen LogP contribution in [0.5, 0.6) is 0 Å². The summed E-state index contributed by atoms with van der Waals surface area (Å²) in [6.07, 6.45) is 11.1. The Labute approximate surface area is 191 Å². The topological polar surface area (TPSA) is 88.0 Å². The molecule has 2 aromatic heterocycles. The largest absolute Gasteiger partial charge is 0.354 e. The number of piperazine rings is 1. The Morgan fingerprint density at radius 1 is 1.18 bits per heavy atom. The molecule has 1 amide bonds. The van der Waals surface area contributed by atoms with Gasteiger partial charge in [0.15, 0.2) is 0 Å². The molecule has 2 aromatic carbocycles. The van der Waals surface area contributed by atoms with Gasteiger partial charge in [-0.15, -0.1) is 6.42 Å². The summed E-state index contributed by atoms with van der Waals surface area (Å²) in [4.78, 5) is 23.1. The fraction of sp³-hybridized carbons (Fsp3) is 0.200. The Kier molecular flexibility index (Phi) is 5.47. The molecule has 33 heavy (non-hydrogen) atoms. The minimum Gasteiger partial charge on any atom is -0.354 e. The van der Waals surface area contributed by atoms with Gasteiger partial charge in [0.2, 0.25) is 11.9 Å². The van der Waals surface area contributed by atoms with Gasteiger partial charge in [-0.3, -0.25) is 14.4 Å². The number of aryl methyl sites for hydroxylation is 1. The highest BCUT2D eigenvalue weighted by molar-refractivity contribution is 5.81. The number of nitrogens with zero attached hydrogens (tertiary/aromatic N) is 5. The van der Waals surface area contributed by atoms with Crippen molar-refractivity contribution in [3.8, 4) is 23.5 Å². The summed E-state index contributed by atoms with van der Waals surface area (Å²) in [7, 11) is 1.90. The second-order valence-corrected chi connectivity index (χ2v) is 8.12. The van der Waals surface area contributed by atoms with Crippen LogP contribution in [-0.2, 0) is 18.4 Å². The SMILES string of the molecule is C#Cc1ccc2nc(Nc3cc(CN4CCNC(=O)C4)cc(-c4cnn(C)c4)c3)ncc2c1.